The Kier molecular flexibility index (Phi) is 4.23. The zero-order valence-corrected chi connectivity index (χ0v) is 15.7. The molecule has 5 rings (SSSR count). The average molecular weight is 369 g/mol. The molecule has 2 aromatic rings. The molecule has 0 radical (unpaired) electrons. The second-order valence-corrected chi connectivity index (χ2v) is 8.64. The Labute approximate surface area is 158 Å². The summed E-state index contributed by atoms with van der Waals surface area (Å²) in [6.45, 7) is 1.80. The summed E-state index contributed by atoms with van der Waals surface area (Å²) in [5.74, 6) is 2.90. The van der Waals surface area contributed by atoms with E-state index in [0.717, 1.165) is 42.4 Å². The number of nitrogens with zero attached hydrogens (tertiary/aromatic N) is 4. The van der Waals surface area contributed by atoms with Gasteiger partial charge in [0.05, 0.1) is 0 Å². The standard InChI is InChI=1S/C20H24N4OS/c25-19(23-11-1-2-12-23)16-5-3-14(4-6-16)13-26-20-22-21-18(15-7-8-15)24(20)17-9-10-17/h3-6,15,17H,1-2,7-13H2. The monoisotopic (exact) mass is 368 g/mol. The predicted octanol–water partition coefficient (Wildman–Crippen LogP) is 4.02. The van der Waals surface area contributed by atoms with Crippen LogP contribution in [0.15, 0.2) is 29.4 Å². The van der Waals surface area contributed by atoms with E-state index < -0.39 is 0 Å². The van der Waals surface area contributed by atoms with E-state index in [1.54, 1.807) is 11.8 Å². The Morgan fingerprint density at radius 1 is 1.04 bits per heavy atom. The number of carbonyl (C=O) groups is 1. The molecule has 0 atom stereocenters. The van der Waals surface area contributed by atoms with Gasteiger partial charge in [-0.05, 0) is 56.2 Å². The van der Waals surface area contributed by atoms with E-state index in [1.165, 1.54) is 37.1 Å². The highest BCUT2D eigenvalue weighted by Gasteiger charge is 2.36. The molecule has 1 aromatic carbocycles. The fraction of sp³-hybridized carbons (Fsp3) is 0.550. The second kappa shape index (κ2) is 6.72. The van der Waals surface area contributed by atoms with E-state index in [2.05, 4.69) is 26.9 Å². The highest BCUT2D eigenvalue weighted by molar-refractivity contribution is 7.98. The van der Waals surface area contributed by atoms with Crippen molar-refractivity contribution in [1.82, 2.24) is 19.7 Å². The molecule has 2 saturated carbocycles. The number of amides is 1. The summed E-state index contributed by atoms with van der Waals surface area (Å²) in [6.07, 6.45) is 7.32. The minimum Gasteiger partial charge on any atom is -0.339 e. The van der Waals surface area contributed by atoms with Crippen LogP contribution in [0.4, 0.5) is 0 Å². The normalized spacial score (nSPS) is 19.9. The maximum atomic E-state index is 12.4. The summed E-state index contributed by atoms with van der Waals surface area (Å²) in [5, 5.41) is 10.0. The number of aromatic nitrogens is 3. The van der Waals surface area contributed by atoms with Crippen LogP contribution >= 0.6 is 11.8 Å². The molecule has 1 amide bonds. The van der Waals surface area contributed by atoms with Gasteiger partial charge in [-0.15, -0.1) is 10.2 Å². The molecule has 0 bridgehead atoms. The average Bonchev–Trinajstić information content (AvgIpc) is 3.60. The maximum absolute atomic E-state index is 12.4. The minimum absolute atomic E-state index is 0.171. The zero-order chi connectivity index (χ0) is 17.5. The van der Waals surface area contributed by atoms with Crippen LogP contribution in [0.3, 0.4) is 0 Å². The van der Waals surface area contributed by atoms with Crippen molar-refractivity contribution in [3.63, 3.8) is 0 Å². The summed E-state index contributed by atoms with van der Waals surface area (Å²) < 4.78 is 2.40. The van der Waals surface area contributed by atoms with Gasteiger partial charge >= 0.3 is 0 Å². The molecule has 6 heteroatoms. The molecule has 3 aliphatic rings. The van der Waals surface area contributed by atoms with Crippen LogP contribution in [-0.2, 0) is 5.75 Å². The highest BCUT2D eigenvalue weighted by atomic mass is 32.2. The van der Waals surface area contributed by atoms with Crippen LogP contribution < -0.4 is 0 Å². The lowest BCUT2D eigenvalue weighted by molar-refractivity contribution is 0.0793. The van der Waals surface area contributed by atoms with Crippen molar-refractivity contribution in [3.8, 4) is 0 Å². The van der Waals surface area contributed by atoms with Crippen LogP contribution in [0.25, 0.3) is 0 Å². The fourth-order valence-electron chi connectivity index (χ4n) is 3.68. The van der Waals surface area contributed by atoms with Crippen molar-refractivity contribution in [2.45, 2.75) is 61.4 Å². The number of benzene rings is 1. The molecular weight excluding hydrogens is 344 g/mol. The lowest BCUT2D eigenvalue weighted by atomic mass is 10.1. The highest BCUT2D eigenvalue weighted by Crippen LogP contribution is 2.46. The van der Waals surface area contributed by atoms with Gasteiger partial charge in [-0.25, -0.2) is 0 Å². The van der Waals surface area contributed by atoms with Gasteiger partial charge in [0.15, 0.2) is 5.16 Å². The van der Waals surface area contributed by atoms with Crippen molar-refractivity contribution in [2.24, 2.45) is 0 Å². The zero-order valence-electron chi connectivity index (χ0n) is 14.9. The molecule has 0 spiro atoms. The lowest BCUT2D eigenvalue weighted by Gasteiger charge is -2.15. The van der Waals surface area contributed by atoms with Crippen molar-refractivity contribution >= 4 is 17.7 Å². The molecule has 2 aliphatic carbocycles. The van der Waals surface area contributed by atoms with E-state index in [-0.39, 0.29) is 5.91 Å². The van der Waals surface area contributed by atoms with Gasteiger partial charge in [0.2, 0.25) is 0 Å². The Morgan fingerprint density at radius 2 is 1.77 bits per heavy atom. The number of thioether (sulfide) groups is 1. The molecule has 5 nitrogen and oxygen atoms in total. The summed E-state index contributed by atoms with van der Waals surface area (Å²) in [6, 6.07) is 8.73. The van der Waals surface area contributed by atoms with E-state index in [4.69, 9.17) is 0 Å². The van der Waals surface area contributed by atoms with E-state index in [1.807, 2.05) is 17.0 Å². The van der Waals surface area contributed by atoms with E-state index in [9.17, 15) is 4.79 Å². The number of likely N-dealkylation sites (tertiary alicyclic amines) is 1. The molecule has 1 aliphatic heterocycles. The van der Waals surface area contributed by atoms with Gasteiger partial charge in [0.25, 0.3) is 5.91 Å². The van der Waals surface area contributed by atoms with Crippen LogP contribution in [0, 0.1) is 0 Å². The van der Waals surface area contributed by atoms with E-state index in [0.29, 0.717) is 12.0 Å². The first kappa shape index (κ1) is 16.4. The molecule has 3 fully saturated rings. The summed E-state index contributed by atoms with van der Waals surface area (Å²) in [7, 11) is 0. The first-order valence-electron chi connectivity index (χ1n) is 9.75. The Balaban J connectivity index is 1.25. The smallest absolute Gasteiger partial charge is 0.253 e. The summed E-state index contributed by atoms with van der Waals surface area (Å²) in [5.41, 5.74) is 2.03. The fourth-order valence-corrected chi connectivity index (χ4v) is 4.65. The second-order valence-electron chi connectivity index (χ2n) is 7.70. The van der Waals surface area contributed by atoms with Gasteiger partial charge < -0.3 is 9.47 Å². The van der Waals surface area contributed by atoms with Crippen LogP contribution in [0.5, 0.6) is 0 Å². The number of carbonyl (C=O) groups excluding carboxylic acids is 1. The first-order chi connectivity index (χ1) is 12.8. The molecule has 1 aromatic heterocycles. The Bertz CT molecular complexity index is 802. The van der Waals surface area contributed by atoms with Crippen LogP contribution in [0.1, 0.15) is 72.2 Å². The largest absolute Gasteiger partial charge is 0.339 e. The first-order valence-corrected chi connectivity index (χ1v) is 10.7. The topological polar surface area (TPSA) is 51.0 Å². The molecule has 26 heavy (non-hydrogen) atoms. The van der Waals surface area contributed by atoms with Gasteiger partial charge in [-0.1, -0.05) is 23.9 Å². The van der Waals surface area contributed by atoms with Gasteiger partial charge in [-0.2, -0.15) is 0 Å². The van der Waals surface area contributed by atoms with E-state index >= 15 is 0 Å². The third-order valence-corrected chi connectivity index (χ3v) is 6.52. The molecule has 0 N–H and O–H groups in total. The van der Waals surface area contributed by atoms with Gasteiger partial charge in [0, 0.05) is 36.4 Å². The molecule has 136 valence electrons. The van der Waals surface area contributed by atoms with Crippen molar-refractivity contribution in [3.05, 3.63) is 41.2 Å². The summed E-state index contributed by atoms with van der Waals surface area (Å²) in [4.78, 5) is 14.4. The van der Waals surface area contributed by atoms with Crippen LogP contribution in [0.2, 0.25) is 0 Å². The number of rotatable bonds is 6. The Hall–Kier alpha value is -1.82. The predicted molar refractivity (Wildman–Crippen MR) is 101 cm³/mol. The number of hydrogen-bond donors (Lipinski definition) is 0. The van der Waals surface area contributed by atoms with Crippen molar-refractivity contribution in [1.29, 1.82) is 0 Å². The molecule has 2 heterocycles. The Morgan fingerprint density at radius 3 is 2.42 bits per heavy atom. The third kappa shape index (κ3) is 3.27. The minimum atomic E-state index is 0.171. The number of hydrogen-bond acceptors (Lipinski definition) is 4. The van der Waals surface area contributed by atoms with Gasteiger partial charge in [0.1, 0.15) is 5.82 Å². The molecular formula is C20H24N4OS. The quantitative estimate of drug-likeness (QED) is 0.723. The third-order valence-electron chi connectivity index (χ3n) is 5.51. The van der Waals surface area contributed by atoms with Crippen molar-refractivity contribution < 1.29 is 4.79 Å². The lowest BCUT2D eigenvalue weighted by Crippen LogP contribution is -2.27. The van der Waals surface area contributed by atoms with Gasteiger partial charge in [-0.3, -0.25) is 4.79 Å². The SMILES string of the molecule is O=C(c1ccc(CSc2nnc(C3CC3)n2C2CC2)cc1)N1CCCC1. The summed E-state index contributed by atoms with van der Waals surface area (Å²) >= 11 is 1.77. The molecule has 0 unspecified atom stereocenters. The van der Waals surface area contributed by atoms with Crippen molar-refractivity contribution in [2.75, 3.05) is 13.1 Å². The van der Waals surface area contributed by atoms with Crippen LogP contribution in [-0.4, -0.2) is 38.7 Å². The maximum Gasteiger partial charge on any atom is 0.253 e. The molecule has 1 saturated heterocycles.